The number of pyridine rings is 1. The minimum atomic E-state index is -0.203. The molecule has 0 spiro atoms. The minimum Gasteiger partial charge on any atom is -0.347 e. The van der Waals surface area contributed by atoms with Gasteiger partial charge in [0.1, 0.15) is 0 Å². The van der Waals surface area contributed by atoms with Crippen LogP contribution < -0.4 is 16.2 Å². The van der Waals surface area contributed by atoms with E-state index in [9.17, 15) is 14.4 Å². The molecule has 0 saturated heterocycles. The van der Waals surface area contributed by atoms with Gasteiger partial charge in [0.25, 0.3) is 17.4 Å². The van der Waals surface area contributed by atoms with Crippen molar-refractivity contribution in [3.63, 3.8) is 0 Å². The van der Waals surface area contributed by atoms with E-state index < -0.39 is 0 Å². The lowest BCUT2D eigenvalue weighted by Gasteiger charge is -2.22. The highest BCUT2D eigenvalue weighted by molar-refractivity contribution is 6.31. The lowest BCUT2D eigenvalue weighted by molar-refractivity contribution is 0.0892. The minimum absolute atomic E-state index is 0.134. The first kappa shape index (κ1) is 21.8. The first-order chi connectivity index (χ1) is 15.4. The van der Waals surface area contributed by atoms with Crippen molar-refractivity contribution in [2.24, 2.45) is 0 Å². The number of carbonyl (C=O) groups excluding carboxylic acids is 2. The average molecular weight is 450 g/mol. The molecule has 1 unspecified atom stereocenters. The average Bonchev–Trinajstić information content (AvgIpc) is 3.22. The second-order valence-electron chi connectivity index (χ2n) is 8.01. The summed E-state index contributed by atoms with van der Waals surface area (Å²) in [6.07, 6.45) is 4.21. The van der Waals surface area contributed by atoms with E-state index in [1.165, 1.54) is 10.6 Å². The fraction of sp³-hybridized carbons (Fsp3) is 0.240. The van der Waals surface area contributed by atoms with Gasteiger partial charge < -0.3 is 10.6 Å². The van der Waals surface area contributed by atoms with E-state index in [1.54, 1.807) is 60.8 Å². The molecule has 164 valence electrons. The van der Waals surface area contributed by atoms with E-state index in [2.05, 4.69) is 10.6 Å². The van der Waals surface area contributed by atoms with Crippen molar-refractivity contribution >= 4 is 23.4 Å². The zero-order valence-electron chi connectivity index (χ0n) is 17.7. The topological polar surface area (TPSA) is 80.2 Å². The van der Waals surface area contributed by atoms with Crippen LogP contribution in [0.4, 0.5) is 0 Å². The molecule has 1 aromatic heterocycles. The van der Waals surface area contributed by atoms with Crippen molar-refractivity contribution in [2.75, 3.05) is 0 Å². The van der Waals surface area contributed by atoms with Gasteiger partial charge in [0.05, 0.1) is 0 Å². The van der Waals surface area contributed by atoms with Gasteiger partial charge in [-0.05, 0) is 80.3 Å². The molecule has 0 radical (unpaired) electrons. The molecule has 1 heterocycles. The van der Waals surface area contributed by atoms with E-state index in [0.29, 0.717) is 21.8 Å². The summed E-state index contributed by atoms with van der Waals surface area (Å²) in [5, 5.41) is 6.72. The zero-order valence-corrected chi connectivity index (χ0v) is 18.4. The van der Waals surface area contributed by atoms with Crippen molar-refractivity contribution in [1.82, 2.24) is 15.2 Å². The number of amides is 2. The third kappa shape index (κ3) is 4.75. The van der Waals surface area contributed by atoms with Crippen molar-refractivity contribution < 1.29 is 9.59 Å². The SMILES string of the molecule is Cc1cc(C(=O)NC2CCC[C@@H]2NC(=O)c2ccc(-n3ccccc3=O)cc2)ccc1Cl. The molecule has 4 rings (SSSR count). The molecule has 7 heteroatoms. The second-order valence-corrected chi connectivity index (χ2v) is 8.42. The largest absolute Gasteiger partial charge is 0.347 e. The number of aryl methyl sites for hydroxylation is 1. The summed E-state index contributed by atoms with van der Waals surface area (Å²) >= 11 is 6.05. The normalized spacial score (nSPS) is 17.7. The second kappa shape index (κ2) is 9.40. The Balaban J connectivity index is 1.41. The van der Waals surface area contributed by atoms with Crippen LogP contribution in [0.25, 0.3) is 5.69 Å². The van der Waals surface area contributed by atoms with Gasteiger partial charge in [-0.25, -0.2) is 0 Å². The first-order valence-corrected chi connectivity index (χ1v) is 11.0. The maximum atomic E-state index is 12.8. The standard InChI is InChI=1S/C25H24ClN3O3/c1-16-15-18(10-13-20(16)26)25(32)28-22-6-4-5-21(22)27-24(31)17-8-11-19(12-9-17)29-14-3-2-7-23(29)30/h2-3,7-15,21-22H,4-6H2,1H3,(H,27,31)(H,28,32)/t21-,22?/m0/s1. The lowest BCUT2D eigenvalue weighted by atomic mass is 10.1. The quantitative estimate of drug-likeness (QED) is 0.620. The molecule has 0 bridgehead atoms. The molecule has 2 N–H and O–H groups in total. The van der Waals surface area contributed by atoms with E-state index >= 15 is 0 Å². The summed E-state index contributed by atoms with van der Waals surface area (Å²) in [5.74, 6) is -0.376. The highest BCUT2D eigenvalue weighted by Crippen LogP contribution is 2.21. The summed E-state index contributed by atoms with van der Waals surface area (Å²) < 4.78 is 1.52. The summed E-state index contributed by atoms with van der Waals surface area (Å²) in [5.41, 5.74) is 2.46. The Kier molecular flexibility index (Phi) is 6.42. The van der Waals surface area contributed by atoms with Crippen LogP contribution in [0, 0.1) is 6.92 Å². The molecule has 2 atom stereocenters. The molecule has 1 fully saturated rings. The van der Waals surface area contributed by atoms with Crippen LogP contribution in [0.15, 0.2) is 71.7 Å². The Labute approximate surface area is 191 Å². The van der Waals surface area contributed by atoms with Crippen molar-refractivity contribution in [3.8, 4) is 5.69 Å². The van der Waals surface area contributed by atoms with Crippen molar-refractivity contribution in [3.05, 3.63) is 98.9 Å². The third-order valence-corrected chi connectivity index (χ3v) is 6.22. The third-order valence-electron chi connectivity index (χ3n) is 5.80. The number of benzene rings is 2. The van der Waals surface area contributed by atoms with Gasteiger partial charge in [-0.1, -0.05) is 17.7 Å². The number of nitrogens with zero attached hydrogens (tertiary/aromatic N) is 1. The molecule has 2 aromatic carbocycles. The van der Waals surface area contributed by atoms with Crippen LogP contribution in [0.5, 0.6) is 0 Å². The molecule has 2 amide bonds. The maximum Gasteiger partial charge on any atom is 0.255 e. The van der Waals surface area contributed by atoms with Crippen LogP contribution in [0.3, 0.4) is 0 Å². The van der Waals surface area contributed by atoms with Gasteiger partial charge in [0.2, 0.25) is 0 Å². The number of hydrogen-bond donors (Lipinski definition) is 2. The molecule has 3 aromatic rings. The van der Waals surface area contributed by atoms with Crippen molar-refractivity contribution in [2.45, 2.75) is 38.3 Å². The molecular formula is C25H24ClN3O3. The molecule has 0 aliphatic heterocycles. The number of aromatic nitrogens is 1. The Morgan fingerprint density at radius 3 is 2.16 bits per heavy atom. The Hall–Kier alpha value is -3.38. The summed E-state index contributed by atoms with van der Waals surface area (Å²) in [6, 6.07) is 16.7. The number of carbonyl (C=O) groups is 2. The molecular weight excluding hydrogens is 426 g/mol. The predicted molar refractivity (Wildman–Crippen MR) is 125 cm³/mol. The smallest absolute Gasteiger partial charge is 0.255 e. The number of nitrogens with one attached hydrogen (secondary N) is 2. The van der Waals surface area contributed by atoms with Crippen LogP contribution in [0.2, 0.25) is 5.02 Å². The van der Waals surface area contributed by atoms with E-state index in [1.807, 2.05) is 6.92 Å². The highest BCUT2D eigenvalue weighted by Gasteiger charge is 2.30. The summed E-state index contributed by atoms with van der Waals surface area (Å²) in [7, 11) is 0. The molecule has 1 saturated carbocycles. The van der Waals surface area contributed by atoms with Gasteiger partial charge in [0, 0.05) is 46.2 Å². The molecule has 6 nitrogen and oxygen atoms in total. The molecule has 1 aliphatic carbocycles. The van der Waals surface area contributed by atoms with E-state index in [4.69, 9.17) is 11.6 Å². The fourth-order valence-corrected chi connectivity index (χ4v) is 4.13. The van der Waals surface area contributed by atoms with Gasteiger partial charge >= 0.3 is 0 Å². The highest BCUT2D eigenvalue weighted by atomic mass is 35.5. The molecule has 1 aliphatic rings. The lowest BCUT2D eigenvalue weighted by Crippen LogP contribution is -2.48. The van der Waals surface area contributed by atoms with Gasteiger partial charge in [-0.3, -0.25) is 19.0 Å². The summed E-state index contributed by atoms with van der Waals surface area (Å²) in [6.45, 7) is 1.86. The van der Waals surface area contributed by atoms with Gasteiger partial charge in [-0.15, -0.1) is 0 Å². The monoisotopic (exact) mass is 449 g/mol. The van der Waals surface area contributed by atoms with Crippen LogP contribution in [0.1, 0.15) is 45.5 Å². The van der Waals surface area contributed by atoms with Gasteiger partial charge in [-0.2, -0.15) is 0 Å². The van der Waals surface area contributed by atoms with Crippen LogP contribution >= 0.6 is 11.6 Å². The number of hydrogen-bond acceptors (Lipinski definition) is 3. The van der Waals surface area contributed by atoms with Gasteiger partial charge in [0.15, 0.2) is 0 Å². The summed E-state index contributed by atoms with van der Waals surface area (Å²) in [4.78, 5) is 37.4. The first-order valence-electron chi connectivity index (χ1n) is 10.6. The van der Waals surface area contributed by atoms with E-state index in [0.717, 1.165) is 24.8 Å². The Morgan fingerprint density at radius 2 is 1.53 bits per heavy atom. The van der Waals surface area contributed by atoms with Crippen molar-refractivity contribution in [1.29, 1.82) is 0 Å². The van der Waals surface area contributed by atoms with E-state index in [-0.39, 0.29) is 29.5 Å². The number of rotatable bonds is 5. The maximum absolute atomic E-state index is 12.8. The van der Waals surface area contributed by atoms with Crippen LogP contribution in [-0.2, 0) is 0 Å². The Morgan fingerprint density at radius 1 is 0.906 bits per heavy atom. The molecule has 32 heavy (non-hydrogen) atoms. The number of halogens is 1. The van der Waals surface area contributed by atoms with Crippen LogP contribution in [-0.4, -0.2) is 28.5 Å². The predicted octanol–water partition coefficient (Wildman–Crippen LogP) is 3.88. The Bertz CT molecular complexity index is 1200. The zero-order chi connectivity index (χ0) is 22.7. The fourth-order valence-electron chi connectivity index (χ4n) is 4.01.